The van der Waals surface area contributed by atoms with E-state index in [-0.39, 0.29) is 25.2 Å². The summed E-state index contributed by atoms with van der Waals surface area (Å²) in [6.45, 7) is 0. The summed E-state index contributed by atoms with van der Waals surface area (Å²) in [6.07, 6.45) is 0.192. The molecule has 0 saturated carbocycles. The van der Waals surface area contributed by atoms with Crippen LogP contribution in [0.4, 0.5) is 8.78 Å². The average Bonchev–Trinajstić information content (AvgIpc) is 2.61. The maximum Gasteiger partial charge on any atom is 0.307 e. The molecule has 4 nitrogen and oxygen atoms in total. The van der Waals surface area contributed by atoms with Crippen molar-refractivity contribution in [2.45, 2.75) is 25.3 Å². The zero-order valence-corrected chi connectivity index (χ0v) is 15.7. The van der Waals surface area contributed by atoms with E-state index in [2.05, 4.69) is 26.0 Å². The van der Waals surface area contributed by atoms with Crippen molar-refractivity contribution in [3.05, 3.63) is 69.7 Å². The van der Waals surface area contributed by atoms with Crippen LogP contribution in [0.25, 0.3) is 0 Å². The number of hydrogen-bond acceptors (Lipinski definition) is 3. The lowest BCUT2D eigenvalue weighted by molar-refractivity contribution is -0.141. The minimum Gasteiger partial charge on any atom is -0.469 e. The van der Waals surface area contributed by atoms with E-state index in [1.165, 1.54) is 37.4 Å². The zero-order valence-electron chi connectivity index (χ0n) is 14.1. The number of esters is 1. The van der Waals surface area contributed by atoms with E-state index < -0.39 is 23.6 Å². The van der Waals surface area contributed by atoms with Crippen LogP contribution in [-0.4, -0.2) is 19.0 Å². The summed E-state index contributed by atoms with van der Waals surface area (Å²) in [7, 11) is 1.25. The number of aryl methyl sites for hydroxylation is 1. The fourth-order valence-electron chi connectivity index (χ4n) is 2.44. The highest BCUT2D eigenvalue weighted by Crippen LogP contribution is 2.20. The van der Waals surface area contributed by atoms with Crippen LogP contribution in [0.15, 0.2) is 46.9 Å². The molecular weight excluding hydrogens is 408 g/mol. The Balaban J connectivity index is 2.03. The summed E-state index contributed by atoms with van der Waals surface area (Å²) >= 11 is 3.18. The lowest BCUT2D eigenvalue weighted by Crippen LogP contribution is -2.30. The number of ether oxygens (including phenoxy) is 1. The third kappa shape index (κ3) is 5.91. The number of amides is 1. The van der Waals surface area contributed by atoms with Crippen molar-refractivity contribution >= 4 is 27.8 Å². The number of halogens is 3. The van der Waals surface area contributed by atoms with Crippen molar-refractivity contribution in [3.63, 3.8) is 0 Å². The van der Waals surface area contributed by atoms with Crippen LogP contribution in [0, 0.1) is 11.6 Å². The molecule has 0 aliphatic rings. The van der Waals surface area contributed by atoms with Gasteiger partial charge in [0, 0.05) is 10.9 Å². The van der Waals surface area contributed by atoms with E-state index >= 15 is 0 Å². The third-order valence-corrected chi connectivity index (χ3v) is 4.34. The molecule has 0 heterocycles. The number of hydrogen-bond donors (Lipinski definition) is 1. The maximum absolute atomic E-state index is 13.8. The number of carbonyl (C=O) groups is 2. The molecule has 2 aromatic rings. The van der Waals surface area contributed by atoms with Gasteiger partial charge in [-0.25, -0.2) is 8.78 Å². The van der Waals surface area contributed by atoms with E-state index in [0.29, 0.717) is 15.6 Å². The molecule has 0 radical (unpaired) electrons. The van der Waals surface area contributed by atoms with Gasteiger partial charge in [-0.1, -0.05) is 34.1 Å². The van der Waals surface area contributed by atoms with Gasteiger partial charge in [0.25, 0.3) is 0 Å². The standard InChI is InChI=1S/C19H18BrF2NO3/c1-26-19(25)11-17(13-3-7-15(21)8-4-13)23-18(24)9-5-12-2-6-14(20)10-16(12)22/h2-4,6-8,10,17H,5,9,11H2,1H3,(H,23,24). The maximum atomic E-state index is 13.8. The van der Waals surface area contributed by atoms with Gasteiger partial charge < -0.3 is 10.1 Å². The Bertz CT molecular complexity index is 781. The Labute approximate surface area is 158 Å². The van der Waals surface area contributed by atoms with Crippen LogP contribution in [0.5, 0.6) is 0 Å². The van der Waals surface area contributed by atoms with Crippen LogP contribution >= 0.6 is 15.9 Å². The van der Waals surface area contributed by atoms with E-state index in [0.717, 1.165) is 0 Å². The van der Waals surface area contributed by atoms with Crippen LogP contribution in [-0.2, 0) is 20.7 Å². The minimum absolute atomic E-state index is 0.0530. The number of methoxy groups -OCH3 is 1. The van der Waals surface area contributed by atoms with Crippen molar-refractivity contribution < 1.29 is 23.1 Å². The van der Waals surface area contributed by atoms with Crippen molar-refractivity contribution in [2.24, 2.45) is 0 Å². The summed E-state index contributed by atoms with van der Waals surface area (Å²) in [5.41, 5.74) is 1.01. The molecule has 0 aliphatic heterocycles. The highest BCUT2D eigenvalue weighted by atomic mass is 79.9. The molecule has 2 rings (SSSR count). The Morgan fingerprint density at radius 1 is 1.15 bits per heavy atom. The molecule has 26 heavy (non-hydrogen) atoms. The van der Waals surface area contributed by atoms with Crippen LogP contribution in [0.3, 0.4) is 0 Å². The first-order valence-electron chi connectivity index (χ1n) is 7.94. The molecule has 0 aliphatic carbocycles. The molecule has 1 unspecified atom stereocenters. The predicted octanol–water partition coefficient (Wildman–Crippen LogP) is 4.08. The van der Waals surface area contributed by atoms with Crippen molar-refractivity contribution in [2.75, 3.05) is 7.11 Å². The fourth-order valence-corrected chi connectivity index (χ4v) is 2.77. The van der Waals surface area contributed by atoms with Gasteiger partial charge in [-0.3, -0.25) is 9.59 Å². The molecule has 0 bridgehead atoms. The normalized spacial score (nSPS) is 11.7. The van der Waals surface area contributed by atoms with Gasteiger partial charge in [0.15, 0.2) is 0 Å². The van der Waals surface area contributed by atoms with Crippen molar-refractivity contribution in [3.8, 4) is 0 Å². The van der Waals surface area contributed by atoms with Gasteiger partial charge in [-0.2, -0.15) is 0 Å². The first-order valence-corrected chi connectivity index (χ1v) is 8.74. The van der Waals surface area contributed by atoms with E-state index in [4.69, 9.17) is 0 Å². The molecule has 7 heteroatoms. The van der Waals surface area contributed by atoms with Gasteiger partial charge in [0.1, 0.15) is 11.6 Å². The molecule has 0 saturated heterocycles. The number of carbonyl (C=O) groups excluding carboxylic acids is 2. The SMILES string of the molecule is COC(=O)CC(NC(=O)CCc1ccc(Br)cc1F)c1ccc(F)cc1. The van der Waals surface area contributed by atoms with Crippen molar-refractivity contribution in [1.82, 2.24) is 5.32 Å². The van der Waals surface area contributed by atoms with Crippen molar-refractivity contribution in [1.29, 1.82) is 0 Å². The van der Waals surface area contributed by atoms with E-state index in [1.54, 1.807) is 12.1 Å². The van der Waals surface area contributed by atoms with Gasteiger partial charge >= 0.3 is 5.97 Å². The van der Waals surface area contributed by atoms with Gasteiger partial charge in [-0.15, -0.1) is 0 Å². The number of rotatable bonds is 7. The van der Waals surface area contributed by atoms with E-state index in [9.17, 15) is 18.4 Å². The third-order valence-electron chi connectivity index (χ3n) is 3.84. The summed E-state index contributed by atoms with van der Waals surface area (Å²) in [4.78, 5) is 23.8. The number of benzene rings is 2. The first kappa shape index (κ1) is 20.0. The fraction of sp³-hybridized carbons (Fsp3) is 0.263. The summed E-state index contributed by atoms with van der Waals surface area (Å²) in [5, 5.41) is 2.73. The van der Waals surface area contributed by atoms with Gasteiger partial charge in [0.05, 0.1) is 19.6 Å². The zero-order chi connectivity index (χ0) is 19.1. The molecule has 2 aromatic carbocycles. The van der Waals surface area contributed by atoms with Crippen LogP contribution in [0.1, 0.15) is 30.0 Å². The topological polar surface area (TPSA) is 55.4 Å². The second-order valence-electron chi connectivity index (χ2n) is 5.69. The Kier molecular flexibility index (Phi) is 7.26. The molecule has 0 fully saturated rings. The molecule has 0 aromatic heterocycles. The molecule has 0 spiro atoms. The van der Waals surface area contributed by atoms with Gasteiger partial charge in [-0.05, 0) is 41.8 Å². The van der Waals surface area contributed by atoms with Gasteiger partial charge in [0.2, 0.25) is 5.91 Å². The second kappa shape index (κ2) is 9.43. The largest absolute Gasteiger partial charge is 0.469 e. The van der Waals surface area contributed by atoms with Crippen LogP contribution < -0.4 is 5.32 Å². The predicted molar refractivity (Wildman–Crippen MR) is 96.3 cm³/mol. The summed E-state index contributed by atoms with van der Waals surface area (Å²) < 4.78 is 32.2. The molecule has 1 N–H and O–H groups in total. The molecule has 138 valence electrons. The Morgan fingerprint density at radius 2 is 1.85 bits per heavy atom. The quantitative estimate of drug-likeness (QED) is 0.679. The molecule has 1 amide bonds. The number of nitrogens with one attached hydrogen (secondary N) is 1. The Hall–Kier alpha value is -2.28. The minimum atomic E-state index is -0.648. The lowest BCUT2D eigenvalue weighted by Gasteiger charge is -2.18. The summed E-state index contributed by atoms with van der Waals surface area (Å²) in [6, 6.07) is 9.51. The first-order chi connectivity index (χ1) is 12.4. The highest BCUT2D eigenvalue weighted by Gasteiger charge is 2.19. The molecular formula is C19H18BrF2NO3. The highest BCUT2D eigenvalue weighted by molar-refractivity contribution is 9.10. The monoisotopic (exact) mass is 425 g/mol. The average molecular weight is 426 g/mol. The Morgan fingerprint density at radius 3 is 2.46 bits per heavy atom. The second-order valence-corrected chi connectivity index (χ2v) is 6.60. The van der Waals surface area contributed by atoms with E-state index in [1.807, 2.05) is 0 Å². The molecule has 1 atom stereocenters. The van der Waals surface area contributed by atoms with Crippen LogP contribution in [0.2, 0.25) is 0 Å². The smallest absolute Gasteiger partial charge is 0.307 e. The lowest BCUT2D eigenvalue weighted by atomic mass is 10.0. The summed E-state index contributed by atoms with van der Waals surface area (Å²) in [5.74, 6) is -1.65.